The average Bonchev–Trinajstić information content (AvgIpc) is 2.45. The van der Waals surface area contributed by atoms with Crippen molar-refractivity contribution in [1.29, 1.82) is 0 Å². The molecule has 0 N–H and O–H groups in total. The summed E-state index contributed by atoms with van der Waals surface area (Å²) < 4.78 is 5.87. The van der Waals surface area contributed by atoms with Gasteiger partial charge in [-0.3, -0.25) is 0 Å². The molecule has 2 heteroatoms. The van der Waals surface area contributed by atoms with Gasteiger partial charge in [-0.2, -0.15) is 0 Å². The quantitative estimate of drug-likeness (QED) is 0.697. The summed E-state index contributed by atoms with van der Waals surface area (Å²) in [7, 11) is 0. The Hall–Kier alpha value is -1.12. The monoisotopic (exact) mass is 318 g/mol. The average molecular weight is 319 g/mol. The van der Waals surface area contributed by atoms with Gasteiger partial charge in [0.2, 0.25) is 0 Å². The van der Waals surface area contributed by atoms with Crippen molar-refractivity contribution in [2.24, 2.45) is 0 Å². The van der Waals surface area contributed by atoms with E-state index in [1.165, 1.54) is 11.1 Å². The fourth-order valence-corrected chi connectivity index (χ4v) is 2.53. The highest BCUT2D eigenvalue weighted by Crippen LogP contribution is 2.25. The molecule has 2 unspecified atom stereocenters. The first kappa shape index (κ1) is 14.3. The van der Waals surface area contributed by atoms with E-state index < -0.39 is 0 Å². The van der Waals surface area contributed by atoms with Crippen LogP contribution in [0.1, 0.15) is 24.0 Å². The van der Waals surface area contributed by atoms with Crippen LogP contribution in [0.25, 0.3) is 0 Å². The number of alkyl halides is 1. The first-order valence-corrected chi connectivity index (χ1v) is 7.49. The summed E-state index contributed by atoms with van der Waals surface area (Å²) in [5, 5.41) is 0. The third-order valence-electron chi connectivity index (χ3n) is 3.19. The van der Waals surface area contributed by atoms with Gasteiger partial charge in [-0.1, -0.05) is 83.5 Å². The minimum atomic E-state index is 0.380. The highest BCUT2D eigenvalue weighted by Gasteiger charge is 2.16. The van der Waals surface area contributed by atoms with Crippen molar-refractivity contribution in [3.63, 3.8) is 0 Å². The maximum atomic E-state index is 5.87. The van der Waals surface area contributed by atoms with Crippen LogP contribution in [0.4, 0.5) is 0 Å². The van der Waals surface area contributed by atoms with E-state index in [-0.39, 0.29) is 0 Å². The Bertz CT molecular complexity index is 467. The van der Waals surface area contributed by atoms with E-state index in [9.17, 15) is 0 Å². The third kappa shape index (κ3) is 4.48. The summed E-state index contributed by atoms with van der Waals surface area (Å²) in [6.45, 7) is 3.57. The highest BCUT2D eigenvalue weighted by molar-refractivity contribution is 9.09. The second-order valence-electron chi connectivity index (χ2n) is 4.70. The first-order valence-electron chi connectivity index (χ1n) is 6.58. The third-order valence-corrected chi connectivity index (χ3v) is 3.83. The van der Waals surface area contributed by atoms with Crippen molar-refractivity contribution in [1.82, 2.24) is 0 Å². The van der Waals surface area contributed by atoms with Gasteiger partial charge < -0.3 is 4.74 Å². The van der Waals surface area contributed by atoms with Gasteiger partial charge in [0.15, 0.2) is 0 Å². The largest absolute Gasteiger partial charge is 0.376 e. The standard InChI is InChI=1S/C17H19BrO/c1-14(18)17(16-10-6-3-7-11-16)13-19-12-15-8-4-2-5-9-15/h2-11,14,17H,12-13H2,1H3. The van der Waals surface area contributed by atoms with Crippen molar-refractivity contribution in [3.05, 3.63) is 71.8 Å². The van der Waals surface area contributed by atoms with Gasteiger partial charge in [0.1, 0.15) is 0 Å². The molecule has 2 rings (SSSR count). The number of benzene rings is 2. The summed E-state index contributed by atoms with van der Waals surface area (Å²) in [4.78, 5) is 0.394. The van der Waals surface area contributed by atoms with Crippen LogP contribution < -0.4 is 0 Å². The molecular formula is C17H19BrO. The lowest BCUT2D eigenvalue weighted by atomic mass is 9.97. The van der Waals surface area contributed by atoms with Gasteiger partial charge in [0, 0.05) is 10.7 Å². The van der Waals surface area contributed by atoms with Gasteiger partial charge in [-0.15, -0.1) is 0 Å². The van der Waals surface area contributed by atoms with Gasteiger partial charge >= 0.3 is 0 Å². The van der Waals surface area contributed by atoms with Crippen LogP contribution in [0.15, 0.2) is 60.7 Å². The van der Waals surface area contributed by atoms with Crippen LogP contribution in [0.5, 0.6) is 0 Å². The van der Waals surface area contributed by atoms with Crippen molar-refractivity contribution in [2.75, 3.05) is 6.61 Å². The molecule has 0 aromatic heterocycles. The summed E-state index contributed by atoms with van der Waals surface area (Å²) in [5.74, 6) is 0.380. The van der Waals surface area contributed by atoms with E-state index in [0.717, 1.165) is 6.61 Å². The Morgan fingerprint density at radius 3 is 2.11 bits per heavy atom. The minimum absolute atomic E-state index is 0.380. The Morgan fingerprint density at radius 2 is 1.53 bits per heavy atom. The summed E-state index contributed by atoms with van der Waals surface area (Å²) in [5.41, 5.74) is 2.54. The van der Waals surface area contributed by atoms with Crippen LogP contribution in [-0.2, 0) is 11.3 Å². The van der Waals surface area contributed by atoms with E-state index in [1.54, 1.807) is 0 Å². The van der Waals surface area contributed by atoms with E-state index >= 15 is 0 Å². The molecular weight excluding hydrogens is 300 g/mol. The lowest BCUT2D eigenvalue weighted by molar-refractivity contribution is 0.107. The lowest BCUT2D eigenvalue weighted by Crippen LogP contribution is -2.15. The number of halogens is 1. The zero-order valence-electron chi connectivity index (χ0n) is 11.1. The molecule has 2 atom stereocenters. The van der Waals surface area contributed by atoms with Crippen LogP contribution in [0, 0.1) is 0 Å². The predicted octanol–water partition coefficient (Wildman–Crippen LogP) is 4.77. The summed E-state index contributed by atoms with van der Waals surface area (Å²) in [6.07, 6.45) is 0. The Morgan fingerprint density at radius 1 is 0.947 bits per heavy atom. The second kappa shape index (κ2) is 7.46. The lowest BCUT2D eigenvalue weighted by Gasteiger charge is -2.20. The van der Waals surface area contributed by atoms with Gasteiger partial charge in [0.05, 0.1) is 13.2 Å². The molecule has 2 aromatic rings. The topological polar surface area (TPSA) is 9.23 Å². The molecule has 0 bridgehead atoms. The van der Waals surface area contributed by atoms with E-state index in [4.69, 9.17) is 4.74 Å². The molecule has 0 fully saturated rings. The Kier molecular flexibility index (Phi) is 5.62. The molecule has 0 aliphatic rings. The molecule has 100 valence electrons. The van der Waals surface area contributed by atoms with Crippen molar-refractivity contribution >= 4 is 15.9 Å². The molecule has 0 spiro atoms. The van der Waals surface area contributed by atoms with Crippen LogP contribution in [0.3, 0.4) is 0 Å². The molecule has 1 nitrogen and oxygen atoms in total. The normalized spacial score (nSPS) is 14.0. The molecule has 0 saturated heterocycles. The molecule has 0 radical (unpaired) electrons. The zero-order chi connectivity index (χ0) is 13.5. The van der Waals surface area contributed by atoms with Crippen molar-refractivity contribution < 1.29 is 4.74 Å². The minimum Gasteiger partial charge on any atom is -0.376 e. The highest BCUT2D eigenvalue weighted by atomic mass is 79.9. The molecule has 0 aliphatic heterocycles. The fourth-order valence-electron chi connectivity index (χ4n) is 2.07. The number of rotatable bonds is 6. The maximum Gasteiger partial charge on any atom is 0.0717 e. The molecule has 0 aliphatic carbocycles. The SMILES string of the molecule is CC(Br)C(COCc1ccccc1)c1ccccc1. The molecule has 0 amide bonds. The van der Waals surface area contributed by atoms with E-state index in [2.05, 4.69) is 59.3 Å². The number of ether oxygens (including phenoxy) is 1. The maximum absolute atomic E-state index is 5.87. The van der Waals surface area contributed by atoms with Gasteiger partial charge in [-0.05, 0) is 11.1 Å². The number of hydrogen-bond donors (Lipinski definition) is 0. The fraction of sp³-hybridized carbons (Fsp3) is 0.294. The summed E-state index contributed by atoms with van der Waals surface area (Å²) >= 11 is 3.68. The second-order valence-corrected chi connectivity index (χ2v) is 6.14. The molecule has 0 heterocycles. The summed E-state index contributed by atoms with van der Waals surface area (Å²) in [6, 6.07) is 20.8. The smallest absolute Gasteiger partial charge is 0.0717 e. The predicted molar refractivity (Wildman–Crippen MR) is 83.7 cm³/mol. The molecule has 19 heavy (non-hydrogen) atoms. The first-order chi connectivity index (χ1) is 9.27. The van der Waals surface area contributed by atoms with Crippen LogP contribution in [-0.4, -0.2) is 11.4 Å². The Balaban J connectivity index is 1.92. The molecule has 2 aromatic carbocycles. The van der Waals surface area contributed by atoms with E-state index in [1.807, 2.05) is 24.3 Å². The van der Waals surface area contributed by atoms with Crippen molar-refractivity contribution in [2.45, 2.75) is 24.3 Å². The Labute approximate surface area is 123 Å². The number of hydrogen-bond acceptors (Lipinski definition) is 1. The molecule has 0 saturated carbocycles. The van der Waals surface area contributed by atoms with Crippen LogP contribution >= 0.6 is 15.9 Å². The van der Waals surface area contributed by atoms with Crippen LogP contribution in [0.2, 0.25) is 0 Å². The van der Waals surface area contributed by atoms with E-state index in [0.29, 0.717) is 17.4 Å². The van der Waals surface area contributed by atoms with Gasteiger partial charge in [-0.25, -0.2) is 0 Å². The zero-order valence-corrected chi connectivity index (χ0v) is 12.7. The van der Waals surface area contributed by atoms with Crippen molar-refractivity contribution in [3.8, 4) is 0 Å². The van der Waals surface area contributed by atoms with Gasteiger partial charge in [0.25, 0.3) is 0 Å².